The predicted octanol–water partition coefficient (Wildman–Crippen LogP) is 5.79. The minimum atomic E-state index is -0.609. The number of pyridine rings is 1. The van der Waals surface area contributed by atoms with Gasteiger partial charge in [-0.05, 0) is 130 Å². The molecule has 4 saturated carbocycles. The number of aromatic nitrogens is 1. The van der Waals surface area contributed by atoms with Crippen molar-refractivity contribution in [2.45, 2.75) is 103 Å². The number of hydrogen-bond donors (Lipinski definition) is 2. The number of rotatable bonds is 4. The Balaban J connectivity index is 1.33. The molecule has 9 atom stereocenters. The van der Waals surface area contributed by atoms with Crippen LogP contribution in [0.15, 0.2) is 24.5 Å². The SMILES string of the molecule is C[C@]12CC[C@H]3[C@@H](CCC4C[C@@H](O)CC[C@@]43C)[C@@H]1CC[C@@H]2[C@](C)(O)CCc1cccnc1. The predicted molar refractivity (Wildman–Crippen MR) is 124 cm³/mol. The van der Waals surface area contributed by atoms with E-state index in [1.165, 1.54) is 50.5 Å². The lowest BCUT2D eigenvalue weighted by Crippen LogP contribution is -2.55. The highest BCUT2D eigenvalue weighted by molar-refractivity contribution is 5.13. The average Bonchev–Trinajstić information content (AvgIpc) is 3.12. The third kappa shape index (κ3) is 3.59. The highest BCUT2D eigenvalue weighted by Crippen LogP contribution is 2.68. The highest BCUT2D eigenvalue weighted by Gasteiger charge is 2.62. The van der Waals surface area contributed by atoms with Crippen molar-refractivity contribution in [2.24, 2.45) is 40.4 Å². The molecule has 4 aliphatic rings. The smallest absolute Gasteiger partial charge is 0.0656 e. The van der Waals surface area contributed by atoms with Gasteiger partial charge in [-0.1, -0.05) is 19.9 Å². The number of fused-ring (bicyclic) bond motifs is 5. The maximum absolute atomic E-state index is 11.7. The molecule has 0 radical (unpaired) electrons. The van der Waals surface area contributed by atoms with Gasteiger partial charge in [-0.25, -0.2) is 0 Å². The Morgan fingerprint density at radius 1 is 1.03 bits per heavy atom. The second-order valence-electron chi connectivity index (χ2n) is 12.5. The Morgan fingerprint density at radius 2 is 1.81 bits per heavy atom. The second-order valence-corrected chi connectivity index (χ2v) is 12.5. The van der Waals surface area contributed by atoms with Crippen LogP contribution in [0.1, 0.15) is 90.5 Å². The maximum atomic E-state index is 11.7. The molecule has 0 spiro atoms. The summed E-state index contributed by atoms with van der Waals surface area (Å²) in [5.41, 5.74) is 1.33. The molecule has 0 saturated heterocycles. The van der Waals surface area contributed by atoms with Gasteiger partial charge in [0.1, 0.15) is 0 Å². The van der Waals surface area contributed by atoms with E-state index in [-0.39, 0.29) is 11.5 Å². The first-order valence-electron chi connectivity index (χ1n) is 13.0. The van der Waals surface area contributed by atoms with E-state index < -0.39 is 5.60 Å². The van der Waals surface area contributed by atoms with Gasteiger partial charge in [0, 0.05) is 12.4 Å². The fourth-order valence-electron chi connectivity index (χ4n) is 9.37. The summed E-state index contributed by atoms with van der Waals surface area (Å²) in [5.74, 6) is 3.55. The van der Waals surface area contributed by atoms with Crippen LogP contribution in [0.25, 0.3) is 0 Å². The van der Waals surface area contributed by atoms with Crippen LogP contribution < -0.4 is 0 Å². The lowest BCUT2D eigenvalue weighted by Gasteiger charge is -2.61. The van der Waals surface area contributed by atoms with E-state index in [1.807, 2.05) is 18.5 Å². The van der Waals surface area contributed by atoms with Crippen LogP contribution in [0.4, 0.5) is 0 Å². The number of aliphatic hydroxyl groups is 2. The summed E-state index contributed by atoms with van der Waals surface area (Å²) in [6.07, 6.45) is 16.5. The molecule has 172 valence electrons. The second kappa shape index (κ2) is 7.83. The van der Waals surface area contributed by atoms with Crippen molar-refractivity contribution in [2.75, 3.05) is 0 Å². The van der Waals surface area contributed by atoms with Gasteiger partial charge in [0.2, 0.25) is 0 Å². The van der Waals surface area contributed by atoms with Gasteiger partial charge in [-0.3, -0.25) is 4.98 Å². The molecule has 4 aliphatic carbocycles. The molecular weight excluding hydrogens is 382 g/mol. The molecule has 5 rings (SSSR count). The van der Waals surface area contributed by atoms with E-state index in [9.17, 15) is 10.2 Å². The molecule has 1 aromatic rings. The fourth-order valence-corrected chi connectivity index (χ4v) is 9.37. The number of nitrogens with zero attached hydrogens (tertiary/aromatic N) is 1. The molecule has 1 aromatic heterocycles. The van der Waals surface area contributed by atoms with E-state index in [1.54, 1.807) is 0 Å². The van der Waals surface area contributed by atoms with Crippen LogP contribution in [0, 0.1) is 40.4 Å². The van der Waals surface area contributed by atoms with E-state index in [2.05, 4.69) is 31.8 Å². The Kier molecular flexibility index (Phi) is 5.53. The van der Waals surface area contributed by atoms with Crippen molar-refractivity contribution >= 4 is 0 Å². The zero-order valence-corrected chi connectivity index (χ0v) is 19.9. The zero-order chi connectivity index (χ0) is 21.9. The Morgan fingerprint density at radius 3 is 2.58 bits per heavy atom. The van der Waals surface area contributed by atoms with Gasteiger partial charge in [0.05, 0.1) is 11.7 Å². The number of aryl methyl sites for hydroxylation is 1. The molecule has 0 aromatic carbocycles. The van der Waals surface area contributed by atoms with Crippen LogP contribution in [0.3, 0.4) is 0 Å². The summed E-state index contributed by atoms with van der Waals surface area (Å²) in [6.45, 7) is 7.22. The number of hydrogen-bond acceptors (Lipinski definition) is 3. The van der Waals surface area contributed by atoms with Gasteiger partial charge in [-0.15, -0.1) is 0 Å². The molecular formula is C28H43NO2. The molecule has 0 bridgehead atoms. The summed E-state index contributed by atoms with van der Waals surface area (Å²) in [6, 6.07) is 4.13. The van der Waals surface area contributed by atoms with Crippen LogP contribution in [0.2, 0.25) is 0 Å². The van der Waals surface area contributed by atoms with E-state index in [0.717, 1.165) is 49.4 Å². The van der Waals surface area contributed by atoms with Crippen molar-refractivity contribution in [3.8, 4) is 0 Å². The van der Waals surface area contributed by atoms with Crippen molar-refractivity contribution in [3.63, 3.8) is 0 Å². The quantitative estimate of drug-likeness (QED) is 0.642. The standard InChI is InChI=1S/C28H43NO2/c1-26-13-11-21(30)17-20(26)6-7-22-23-8-9-25(27(23,2)14-12-24(22)26)28(3,31)15-10-19-5-4-16-29-18-19/h4-5,16,18,20-25,30-31H,6-15,17H2,1-3H3/t20?,21-,22-,23-,24-,25-,26-,27-,28+/m0/s1. The summed E-state index contributed by atoms with van der Waals surface area (Å²) >= 11 is 0. The first kappa shape index (κ1) is 21.9. The van der Waals surface area contributed by atoms with Gasteiger partial charge in [0.15, 0.2) is 0 Å². The third-order valence-corrected chi connectivity index (χ3v) is 11.0. The molecule has 3 nitrogen and oxygen atoms in total. The Bertz CT molecular complexity index is 778. The molecule has 1 heterocycles. The Hall–Kier alpha value is -0.930. The van der Waals surface area contributed by atoms with E-state index >= 15 is 0 Å². The van der Waals surface area contributed by atoms with E-state index in [4.69, 9.17) is 0 Å². The fraction of sp³-hybridized carbons (Fsp3) is 0.821. The summed E-state index contributed by atoms with van der Waals surface area (Å²) in [7, 11) is 0. The van der Waals surface area contributed by atoms with Crippen molar-refractivity contribution in [1.29, 1.82) is 0 Å². The average molecular weight is 426 g/mol. The number of aliphatic hydroxyl groups excluding tert-OH is 1. The van der Waals surface area contributed by atoms with Crippen molar-refractivity contribution < 1.29 is 10.2 Å². The topological polar surface area (TPSA) is 53.4 Å². The molecule has 1 unspecified atom stereocenters. The van der Waals surface area contributed by atoms with Crippen molar-refractivity contribution in [3.05, 3.63) is 30.1 Å². The van der Waals surface area contributed by atoms with Crippen LogP contribution in [-0.4, -0.2) is 26.9 Å². The maximum Gasteiger partial charge on any atom is 0.0656 e. The molecule has 0 aliphatic heterocycles. The van der Waals surface area contributed by atoms with Crippen LogP contribution >= 0.6 is 0 Å². The Labute approximate surface area is 189 Å². The van der Waals surface area contributed by atoms with Gasteiger partial charge in [0.25, 0.3) is 0 Å². The minimum absolute atomic E-state index is 0.0609. The molecule has 2 N–H and O–H groups in total. The molecule has 0 amide bonds. The summed E-state index contributed by atoms with van der Waals surface area (Å²) in [5, 5.41) is 22.0. The molecule has 31 heavy (non-hydrogen) atoms. The van der Waals surface area contributed by atoms with Crippen LogP contribution in [0.5, 0.6) is 0 Å². The van der Waals surface area contributed by atoms with Gasteiger partial charge >= 0.3 is 0 Å². The normalized spacial score (nSPS) is 46.5. The first-order valence-corrected chi connectivity index (χ1v) is 13.0. The zero-order valence-electron chi connectivity index (χ0n) is 19.9. The van der Waals surface area contributed by atoms with Crippen LogP contribution in [-0.2, 0) is 6.42 Å². The minimum Gasteiger partial charge on any atom is -0.393 e. The van der Waals surface area contributed by atoms with Crippen molar-refractivity contribution in [1.82, 2.24) is 4.98 Å². The molecule has 3 heteroatoms. The first-order chi connectivity index (χ1) is 14.7. The molecule has 4 fully saturated rings. The lowest BCUT2D eigenvalue weighted by atomic mass is 9.44. The van der Waals surface area contributed by atoms with E-state index in [0.29, 0.717) is 11.3 Å². The lowest BCUT2D eigenvalue weighted by molar-refractivity contribution is -0.144. The third-order valence-electron chi connectivity index (χ3n) is 11.0. The monoisotopic (exact) mass is 425 g/mol. The van der Waals surface area contributed by atoms with Gasteiger partial charge < -0.3 is 10.2 Å². The highest BCUT2D eigenvalue weighted by atomic mass is 16.3. The summed E-state index contributed by atoms with van der Waals surface area (Å²) in [4.78, 5) is 4.25. The largest absolute Gasteiger partial charge is 0.393 e. The van der Waals surface area contributed by atoms with Gasteiger partial charge in [-0.2, -0.15) is 0 Å². The summed E-state index contributed by atoms with van der Waals surface area (Å²) < 4.78 is 0.